The summed E-state index contributed by atoms with van der Waals surface area (Å²) in [6.45, 7) is -0.486. The van der Waals surface area contributed by atoms with E-state index in [9.17, 15) is 22.8 Å². The van der Waals surface area contributed by atoms with Crippen LogP contribution in [0.4, 0.5) is 17.6 Å². The molecule has 2 aliphatic heterocycles. The topological polar surface area (TPSA) is 70.5 Å². The molecule has 0 N–H and O–H groups in total. The molecule has 0 saturated heterocycles. The summed E-state index contributed by atoms with van der Waals surface area (Å²) in [7, 11) is 0. The maximum absolute atomic E-state index is 14.4. The molecule has 0 saturated carbocycles. The van der Waals surface area contributed by atoms with E-state index in [0.29, 0.717) is 17.6 Å². The van der Waals surface area contributed by atoms with E-state index in [0.717, 1.165) is 0 Å². The van der Waals surface area contributed by atoms with Crippen molar-refractivity contribution in [1.29, 1.82) is 5.26 Å². The molecule has 1 aromatic carbocycles. The second kappa shape index (κ2) is 6.54. The summed E-state index contributed by atoms with van der Waals surface area (Å²) < 4.78 is 52.9. The molecule has 139 valence electrons. The van der Waals surface area contributed by atoms with Crippen molar-refractivity contribution in [3.05, 3.63) is 59.7 Å². The van der Waals surface area contributed by atoms with Crippen molar-refractivity contribution in [2.75, 3.05) is 6.54 Å². The van der Waals surface area contributed by atoms with Gasteiger partial charge in [0.25, 0.3) is 0 Å². The van der Waals surface area contributed by atoms with Crippen LogP contribution in [0.5, 0.6) is 0 Å². The van der Waals surface area contributed by atoms with Gasteiger partial charge in [-0.1, -0.05) is 0 Å². The first-order chi connectivity index (χ1) is 13.4. The monoisotopic (exact) mass is 386 g/mol. The Hall–Kier alpha value is -3.58. The Balaban J connectivity index is 1.70. The predicted molar refractivity (Wildman–Crippen MR) is 93.1 cm³/mol. The number of rotatable bonds is 2. The average Bonchev–Trinajstić information content (AvgIpc) is 3.11. The van der Waals surface area contributed by atoms with Gasteiger partial charge in [-0.3, -0.25) is 9.88 Å². The Kier molecular flexibility index (Phi) is 4.16. The summed E-state index contributed by atoms with van der Waals surface area (Å²) in [5, 5.41) is 14.3. The van der Waals surface area contributed by atoms with E-state index in [1.165, 1.54) is 41.7 Å². The van der Waals surface area contributed by atoms with Crippen molar-refractivity contribution in [3.63, 3.8) is 0 Å². The molecule has 0 atom stereocenters. The molecule has 0 aliphatic carbocycles. The molecule has 0 amide bonds. The number of alkyl halides is 3. The summed E-state index contributed by atoms with van der Waals surface area (Å²) in [6, 6.07) is 9.18. The highest BCUT2D eigenvalue weighted by molar-refractivity contribution is 6.01. The van der Waals surface area contributed by atoms with Gasteiger partial charge in [0.2, 0.25) is 5.70 Å². The molecular weight excluding hydrogens is 376 g/mol. The first-order valence-corrected chi connectivity index (χ1v) is 7.98. The largest absolute Gasteiger partial charge is 0.486 e. The lowest BCUT2D eigenvalue weighted by molar-refractivity contribution is -0.212. The van der Waals surface area contributed by atoms with Gasteiger partial charge in [-0.15, -0.1) is 0 Å². The van der Waals surface area contributed by atoms with Crippen molar-refractivity contribution in [2.45, 2.75) is 6.30 Å². The molecule has 28 heavy (non-hydrogen) atoms. The number of aromatic nitrogens is 1. The molecule has 2 aliphatic rings. The van der Waals surface area contributed by atoms with Gasteiger partial charge in [0.1, 0.15) is 24.6 Å². The van der Waals surface area contributed by atoms with Crippen LogP contribution in [0.25, 0.3) is 17.0 Å². The standard InChI is InChI=1S/C18H10F4N6/c19-14-4-3-11(6-13(14)17-12(7-23)2-1-5-24-17)15-8-25-16-9-27(18(20,21)22)10-26-28(15)16/h1-6,8,10H,9H2/q+1. The van der Waals surface area contributed by atoms with Crippen LogP contribution in [0, 0.1) is 17.1 Å². The zero-order valence-electron chi connectivity index (χ0n) is 14.0. The lowest BCUT2D eigenvalue weighted by Crippen LogP contribution is -2.49. The summed E-state index contributed by atoms with van der Waals surface area (Å²) in [6.07, 6.45) is -1.07. The van der Waals surface area contributed by atoms with E-state index in [1.54, 1.807) is 6.07 Å². The van der Waals surface area contributed by atoms with Gasteiger partial charge in [0, 0.05) is 17.3 Å². The second-order valence-corrected chi connectivity index (χ2v) is 5.90. The van der Waals surface area contributed by atoms with Crippen LogP contribution < -0.4 is 5.01 Å². The Bertz CT molecular complexity index is 1080. The fourth-order valence-electron chi connectivity index (χ4n) is 2.86. The first kappa shape index (κ1) is 17.8. The van der Waals surface area contributed by atoms with Crippen LogP contribution >= 0.6 is 0 Å². The number of hydrogen-bond acceptors (Lipinski definition) is 6. The number of pyridine rings is 1. The molecule has 0 fully saturated rings. The molecular formula is C18H10F4N6+. The number of hydrogen-bond donors (Lipinski definition) is 0. The third kappa shape index (κ3) is 3.01. The zero-order chi connectivity index (χ0) is 19.9. The Labute approximate surface area is 156 Å². The number of amidine groups is 1. The van der Waals surface area contributed by atoms with Crippen molar-refractivity contribution < 1.29 is 17.6 Å². The van der Waals surface area contributed by atoms with E-state index in [4.69, 9.17) is 0 Å². The van der Waals surface area contributed by atoms with E-state index in [1.807, 2.05) is 6.07 Å². The molecule has 0 bridgehead atoms. The van der Waals surface area contributed by atoms with Crippen molar-refractivity contribution in [1.82, 2.24) is 14.9 Å². The van der Waals surface area contributed by atoms with Gasteiger partial charge in [-0.2, -0.15) is 23.4 Å². The molecule has 2 aromatic rings. The summed E-state index contributed by atoms with van der Waals surface area (Å²) in [5.41, 5.74) is 1.34. The maximum Gasteiger partial charge on any atom is 0.486 e. The van der Waals surface area contributed by atoms with Gasteiger partial charge in [-0.25, -0.2) is 4.39 Å². The summed E-state index contributed by atoms with van der Waals surface area (Å²) in [5.74, 6) is -0.486. The second-order valence-electron chi connectivity index (χ2n) is 5.90. The number of aliphatic imine (C=N–C) groups is 1. The number of hydrazone groups is 1. The smallest absolute Gasteiger partial charge is 0.257 e. The predicted octanol–water partition coefficient (Wildman–Crippen LogP) is 3.39. The highest BCUT2D eigenvalue weighted by Crippen LogP contribution is 2.32. The number of nitrogens with zero attached hydrogens (tertiary/aromatic N) is 6. The van der Waals surface area contributed by atoms with Crippen LogP contribution in [0.3, 0.4) is 0 Å². The minimum atomic E-state index is -4.56. The highest BCUT2D eigenvalue weighted by Gasteiger charge is 2.46. The van der Waals surface area contributed by atoms with E-state index in [2.05, 4.69) is 15.1 Å². The molecule has 4 rings (SSSR count). The van der Waals surface area contributed by atoms with Gasteiger partial charge >= 0.3 is 12.1 Å². The zero-order valence-corrected chi connectivity index (χ0v) is 14.0. The molecule has 6 nitrogen and oxygen atoms in total. The van der Waals surface area contributed by atoms with Gasteiger partial charge in [-0.05, 0) is 35.4 Å². The number of halogens is 4. The van der Waals surface area contributed by atoms with Crippen LogP contribution in [0.15, 0.2) is 52.8 Å². The molecule has 0 unspecified atom stereocenters. The number of nitriles is 1. The highest BCUT2D eigenvalue weighted by atomic mass is 19.4. The van der Waals surface area contributed by atoms with E-state index >= 15 is 0 Å². The van der Waals surface area contributed by atoms with E-state index < -0.39 is 18.7 Å². The summed E-state index contributed by atoms with van der Waals surface area (Å²) >= 11 is 0. The Morgan fingerprint density at radius 2 is 2.04 bits per heavy atom. The quantitative estimate of drug-likeness (QED) is 0.451. The normalized spacial score (nSPS) is 16.5. The van der Waals surface area contributed by atoms with Crippen LogP contribution in [-0.2, 0) is 0 Å². The third-order valence-corrected chi connectivity index (χ3v) is 4.20. The van der Waals surface area contributed by atoms with Gasteiger partial charge in [0.05, 0.1) is 16.3 Å². The van der Waals surface area contributed by atoms with Gasteiger partial charge in [0.15, 0.2) is 6.34 Å². The molecule has 10 heteroatoms. The number of benzene rings is 1. The van der Waals surface area contributed by atoms with E-state index in [-0.39, 0.29) is 27.6 Å². The first-order valence-electron chi connectivity index (χ1n) is 7.98. The van der Waals surface area contributed by atoms with Crippen LogP contribution in [0.1, 0.15) is 11.1 Å². The molecule has 3 heterocycles. The van der Waals surface area contributed by atoms with Crippen molar-refractivity contribution in [2.24, 2.45) is 10.1 Å². The fourth-order valence-corrected chi connectivity index (χ4v) is 2.86. The van der Waals surface area contributed by atoms with Gasteiger partial charge < -0.3 is 0 Å². The third-order valence-electron chi connectivity index (χ3n) is 4.20. The van der Waals surface area contributed by atoms with Crippen molar-refractivity contribution >= 4 is 17.9 Å². The Morgan fingerprint density at radius 1 is 1.21 bits per heavy atom. The Morgan fingerprint density at radius 3 is 2.79 bits per heavy atom. The number of fused-ring (bicyclic) bond motifs is 1. The minimum Gasteiger partial charge on any atom is -0.257 e. The maximum atomic E-state index is 14.4. The molecule has 0 spiro atoms. The SMILES string of the molecule is N#Cc1cccnc1-c1cc(C2=CN=C3CN(C(F)(F)F)C=N[N+]23)ccc1F. The average molecular weight is 386 g/mol. The minimum absolute atomic E-state index is 0.0938. The fraction of sp³-hybridized carbons (Fsp3) is 0.111. The summed E-state index contributed by atoms with van der Waals surface area (Å²) in [4.78, 5) is 8.20. The lowest BCUT2D eigenvalue weighted by Gasteiger charge is -2.23. The molecule has 1 radical (unpaired) electrons. The van der Waals surface area contributed by atoms with Crippen LogP contribution in [0.2, 0.25) is 0 Å². The van der Waals surface area contributed by atoms with Crippen LogP contribution in [-0.4, -0.2) is 34.9 Å². The van der Waals surface area contributed by atoms with Crippen molar-refractivity contribution in [3.8, 4) is 17.3 Å². The molecule has 1 aromatic heterocycles. The lowest BCUT2D eigenvalue weighted by atomic mass is 10.0.